The van der Waals surface area contributed by atoms with Crippen molar-refractivity contribution in [2.75, 3.05) is 7.11 Å². The average Bonchev–Trinajstić information content (AvgIpc) is 2.96. The fraction of sp³-hybridized carbons (Fsp3) is 0.476. The highest BCUT2D eigenvalue weighted by molar-refractivity contribution is 7.09. The summed E-state index contributed by atoms with van der Waals surface area (Å²) in [4.78, 5) is 11.1. The van der Waals surface area contributed by atoms with E-state index >= 15 is 0 Å². The first kappa shape index (κ1) is 23.0. The molecule has 2 rings (SSSR count). The van der Waals surface area contributed by atoms with E-state index in [4.69, 9.17) is 16.3 Å². The van der Waals surface area contributed by atoms with Gasteiger partial charge in [-0.3, -0.25) is 5.32 Å². The first-order valence-corrected chi connectivity index (χ1v) is 10.5. The Hall–Kier alpha value is -2.30. The maximum atomic E-state index is 9.20. The van der Waals surface area contributed by atoms with Crippen molar-refractivity contribution in [1.82, 2.24) is 9.88 Å². The van der Waals surface area contributed by atoms with Gasteiger partial charge in [0.15, 0.2) is 11.0 Å². The first-order valence-electron chi connectivity index (χ1n) is 9.26. The predicted molar refractivity (Wildman–Crippen MR) is 120 cm³/mol. The molecular formula is C21H28ClN5OS. The summed E-state index contributed by atoms with van der Waals surface area (Å²) >= 11 is 7.70. The first-order chi connectivity index (χ1) is 13.4. The molecule has 6 nitrogen and oxygen atoms in total. The molecule has 156 valence electrons. The van der Waals surface area contributed by atoms with Gasteiger partial charge in [-0.25, -0.2) is 4.99 Å². The Bertz CT molecular complexity index is 1000. The number of aliphatic imine (C=N–C) groups is 1. The third kappa shape index (κ3) is 6.62. The van der Waals surface area contributed by atoms with E-state index in [0.29, 0.717) is 16.5 Å². The molecule has 0 amide bonds. The van der Waals surface area contributed by atoms with Gasteiger partial charge in [0.2, 0.25) is 5.96 Å². The molecule has 0 spiro atoms. The van der Waals surface area contributed by atoms with Gasteiger partial charge in [-0.1, -0.05) is 53.1 Å². The number of benzene rings is 1. The van der Waals surface area contributed by atoms with Crippen LogP contribution in [0.3, 0.4) is 0 Å². The van der Waals surface area contributed by atoms with Crippen molar-refractivity contribution in [3.8, 4) is 11.9 Å². The van der Waals surface area contributed by atoms with Crippen molar-refractivity contribution in [3.63, 3.8) is 0 Å². The number of nitrogens with one attached hydrogen (secondary N) is 1. The number of guanidine groups is 1. The summed E-state index contributed by atoms with van der Waals surface area (Å²) in [5.41, 5.74) is 0.562. The zero-order chi connectivity index (χ0) is 21.8. The van der Waals surface area contributed by atoms with Crippen LogP contribution < -0.4 is 14.9 Å². The molecule has 0 aliphatic carbocycles. The molecule has 8 heteroatoms. The highest BCUT2D eigenvalue weighted by atomic mass is 35.5. The number of nitrogens with zero attached hydrogens (tertiary/aromatic N) is 4. The van der Waals surface area contributed by atoms with E-state index in [9.17, 15) is 5.26 Å². The number of hydrogen-bond donors (Lipinski definition) is 1. The SMILES string of the molecule is COc1ccc(Cl)cc1N=C(/N=c1\sc(C(C)(C)C)cn1CC(C)(C)C)NC#N. The molecule has 1 aromatic heterocycles. The maximum Gasteiger partial charge on any atom is 0.239 e. The average molecular weight is 434 g/mol. The van der Waals surface area contributed by atoms with Crippen LogP contribution in [0, 0.1) is 16.9 Å². The number of aromatic nitrogens is 1. The molecule has 0 unspecified atom stereocenters. The third-order valence-electron chi connectivity index (χ3n) is 3.84. The molecule has 0 aliphatic heterocycles. The van der Waals surface area contributed by atoms with Crippen molar-refractivity contribution in [2.45, 2.75) is 53.5 Å². The van der Waals surface area contributed by atoms with Crippen molar-refractivity contribution in [3.05, 3.63) is 39.1 Å². The lowest BCUT2D eigenvalue weighted by atomic mass is 9.95. The molecule has 0 saturated heterocycles. The van der Waals surface area contributed by atoms with Crippen LogP contribution in [0.5, 0.6) is 5.75 Å². The van der Waals surface area contributed by atoms with Crippen LogP contribution in [0.15, 0.2) is 34.4 Å². The summed E-state index contributed by atoms with van der Waals surface area (Å²) in [5, 5.41) is 12.3. The number of ether oxygens (including phenoxy) is 1. The summed E-state index contributed by atoms with van der Waals surface area (Å²) in [6.45, 7) is 13.8. The topological polar surface area (TPSA) is 74.7 Å². The van der Waals surface area contributed by atoms with Crippen LogP contribution in [0.25, 0.3) is 0 Å². The summed E-state index contributed by atoms with van der Waals surface area (Å²) in [6, 6.07) is 5.13. The van der Waals surface area contributed by atoms with E-state index in [1.54, 1.807) is 36.6 Å². The van der Waals surface area contributed by atoms with Crippen LogP contribution in [0.1, 0.15) is 46.4 Å². The van der Waals surface area contributed by atoms with Gasteiger partial charge >= 0.3 is 0 Å². The molecule has 0 radical (unpaired) electrons. The second-order valence-corrected chi connectivity index (χ2v) is 10.4. The zero-order valence-corrected chi connectivity index (χ0v) is 19.6. The van der Waals surface area contributed by atoms with Gasteiger partial charge < -0.3 is 9.30 Å². The van der Waals surface area contributed by atoms with Crippen molar-refractivity contribution in [1.29, 1.82) is 5.26 Å². The van der Waals surface area contributed by atoms with Crippen LogP contribution >= 0.6 is 22.9 Å². The Morgan fingerprint density at radius 3 is 2.52 bits per heavy atom. The van der Waals surface area contributed by atoms with Gasteiger partial charge in [0.1, 0.15) is 11.4 Å². The summed E-state index contributed by atoms with van der Waals surface area (Å²) in [5.74, 6) is 0.726. The van der Waals surface area contributed by atoms with Gasteiger partial charge in [-0.15, -0.1) is 11.3 Å². The van der Waals surface area contributed by atoms with Gasteiger partial charge in [0.25, 0.3) is 0 Å². The number of thiazole rings is 1. The lowest BCUT2D eigenvalue weighted by molar-refractivity contribution is 0.339. The molecular weight excluding hydrogens is 406 g/mol. The predicted octanol–water partition coefficient (Wildman–Crippen LogP) is 5.21. The fourth-order valence-corrected chi connectivity index (χ4v) is 3.74. The molecule has 0 aliphatic rings. The lowest BCUT2D eigenvalue weighted by Crippen LogP contribution is -2.26. The Balaban J connectivity index is 2.65. The summed E-state index contributed by atoms with van der Waals surface area (Å²) in [6.07, 6.45) is 4.05. The second kappa shape index (κ2) is 9.02. The molecule has 2 aromatic rings. The van der Waals surface area contributed by atoms with Crippen LogP contribution in [0.2, 0.25) is 5.02 Å². The second-order valence-electron chi connectivity index (χ2n) is 8.92. The molecule has 29 heavy (non-hydrogen) atoms. The Labute approximate surface area is 181 Å². The lowest BCUT2D eigenvalue weighted by Gasteiger charge is -2.19. The summed E-state index contributed by atoms with van der Waals surface area (Å²) < 4.78 is 7.47. The number of nitriles is 1. The quantitative estimate of drug-likeness (QED) is 0.312. The van der Waals surface area contributed by atoms with E-state index in [1.165, 1.54) is 4.88 Å². The standard InChI is InChI=1S/C21H28ClN5OS/c1-20(2,3)12-27-11-17(21(4,5)6)29-19(27)26-18(24-13-23)25-15-10-14(22)8-9-16(15)28-7/h8-11H,12H2,1-7H3,(H,24,25)/b26-19-. The molecule has 1 aromatic carbocycles. The van der Waals surface area contributed by atoms with Gasteiger partial charge in [-0.2, -0.15) is 10.3 Å². The van der Waals surface area contributed by atoms with Crippen molar-refractivity contribution >= 4 is 34.6 Å². The van der Waals surface area contributed by atoms with E-state index in [1.807, 2.05) is 6.19 Å². The molecule has 0 fully saturated rings. The summed E-state index contributed by atoms with van der Waals surface area (Å²) in [7, 11) is 1.56. The monoisotopic (exact) mass is 433 g/mol. The molecule has 1 N–H and O–H groups in total. The van der Waals surface area contributed by atoms with E-state index in [2.05, 4.69) is 67.6 Å². The number of rotatable bonds is 3. The van der Waals surface area contributed by atoms with E-state index < -0.39 is 0 Å². The largest absolute Gasteiger partial charge is 0.494 e. The smallest absolute Gasteiger partial charge is 0.239 e. The molecule has 0 bridgehead atoms. The molecule has 1 heterocycles. The maximum absolute atomic E-state index is 9.20. The minimum atomic E-state index is -0.00574. The Morgan fingerprint density at radius 2 is 1.97 bits per heavy atom. The Morgan fingerprint density at radius 1 is 1.28 bits per heavy atom. The number of methoxy groups -OCH3 is 1. The van der Waals surface area contributed by atoms with E-state index in [-0.39, 0.29) is 16.8 Å². The number of halogens is 1. The van der Waals surface area contributed by atoms with Crippen LogP contribution in [-0.4, -0.2) is 17.6 Å². The van der Waals surface area contributed by atoms with Crippen molar-refractivity contribution in [2.24, 2.45) is 15.4 Å². The van der Waals surface area contributed by atoms with Crippen LogP contribution in [0.4, 0.5) is 5.69 Å². The minimum absolute atomic E-state index is 0.00574. The highest BCUT2D eigenvalue weighted by Crippen LogP contribution is 2.30. The van der Waals surface area contributed by atoms with Crippen LogP contribution in [-0.2, 0) is 12.0 Å². The van der Waals surface area contributed by atoms with Crippen molar-refractivity contribution < 1.29 is 4.74 Å². The highest BCUT2D eigenvalue weighted by Gasteiger charge is 2.20. The zero-order valence-electron chi connectivity index (χ0n) is 18.0. The minimum Gasteiger partial charge on any atom is -0.494 e. The van der Waals surface area contributed by atoms with Gasteiger partial charge in [0, 0.05) is 22.6 Å². The van der Waals surface area contributed by atoms with E-state index in [0.717, 1.165) is 11.3 Å². The number of hydrogen-bond acceptors (Lipinski definition) is 4. The normalized spacial score (nSPS) is 13.3. The van der Waals surface area contributed by atoms with Gasteiger partial charge in [0.05, 0.1) is 7.11 Å². The van der Waals surface area contributed by atoms with Gasteiger partial charge in [-0.05, 0) is 29.0 Å². The molecule has 0 atom stereocenters. The molecule has 0 saturated carbocycles. The Kier molecular flexibility index (Phi) is 7.15. The fourth-order valence-electron chi connectivity index (χ4n) is 2.52. The third-order valence-corrected chi connectivity index (χ3v) is 5.52.